The molecule has 170 valence electrons. The monoisotopic (exact) mass is 461 g/mol. The van der Waals surface area contributed by atoms with Crippen molar-refractivity contribution in [2.24, 2.45) is 0 Å². The molecule has 6 rings (SSSR count). The van der Waals surface area contributed by atoms with Crippen LogP contribution in [0.3, 0.4) is 0 Å². The molecular formula is C33H23N3. The molecule has 6 aromatic rings. The molecule has 0 spiro atoms. The van der Waals surface area contributed by atoms with Crippen molar-refractivity contribution in [1.82, 2.24) is 15.0 Å². The first-order valence-electron chi connectivity index (χ1n) is 12.0. The number of hydrogen-bond donors (Lipinski definition) is 0. The molecule has 0 radical (unpaired) electrons. The van der Waals surface area contributed by atoms with E-state index in [1.54, 1.807) is 0 Å². The van der Waals surface area contributed by atoms with E-state index in [1.165, 1.54) is 11.1 Å². The predicted molar refractivity (Wildman–Crippen MR) is 147 cm³/mol. The van der Waals surface area contributed by atoms with Crippen LogP contribution in [0.4, 0.5) is 0 Å². The lowest BCUT2D eigenvalue weighted by Gasteiger charge is -2.10. The molecule has 0 aliphatic carbocycles. The van der Waals surface area contributed by atoms with Crippen LogP contribution in [0.5, 0.6) is 0 Å². The molecule has 5 aromatic carbocycles. The quantitative estimate of drug-likeness (QED) is 0.260. The van der Waals surface area contributed by atoms with Crippen LogP contribution < -0.4 is 0 Å². The van der Waals surface area contributed by atoms with Crippen molar-refractivity contribution < 1.29 is 0 Å². The molecule has 0 aliphatic rings. The summed E-state index contributed by atoms with van der Waals surface area (Å²) in [7, 11) is 0. The Bertz CT molecular complexity index is 1540. The topological polar surface area (TPSA) is 38.7 Å². The fourth-order valence-electron chi connectivity index (χ4n) is 4.26. The van der Waals surface area contributed by atoms with Gasteiger partial charge in [0.1, 0.15) is 0 Å². The number of benzene rings is 5. The van der Waals surface area contributed by atoms with Crippen LogP contribution in [-0.4, -0.2) is 15.0 Å². The van der Waals surface area contributed by atoms with Gasteiger partial charge in [-0.25, -0.2) is 15.0 Å². The zero-order chi connectivity index (χ0) is 24.2. The second-order valence-electron chi connectivity index (χ2n) is 8.56. The van der Waals surface area contributed by atoms with Crippen LogP contribution in [0.25, 0.3) is 56.4 Å². The Hall–Kier alpha value is -4.89. The summed E-state index contributed by atoms with van der Waals surface area (Å²) in [5, 5.41) is 0. The summed E-state index contributed by atoms with van der Waals surface area (Å²) in [4.78, 5) is 14.5. The highest BCUT2D eigenvalue weighted by Gasteiger charge is 2.12. The minimum Gasteiger partial charge on any atom is -0.208 e. The maximum atomic E-state index is 4.87. The van der Waals surface area contributed by atoms with E-state index < -0.39 is 0 Å². The van der Waals surface area contributed by atoms with Crippen LogP contribution in [-0.2, 0) is 0 Å². The number of hydrogen-bond acceptors (Lipinski definition) is 3. The van der Waals surface area contributed by atoms with E-state index in [2.05, 4.69) is 72.8 Å². The van der Waals surface area contributed by atoms with Crippen molar-refractivity contribution in [3.05, 3.63) is 140 Å². The van der Waals surface area contributed by atoms with Gasteiger partial charge in [0.05, 0.1) is 0 Å². The zero-order valence-electron chi connectivity index (χ0n) is 19.6. The van der Waals surface area contributed by atoms with Gasteiger partial charge in [0.15, 0.2) is 17.5 Å². The second kappa shape index (κ2) is 9.77. The summed E-state index contributed by atoms with van der Waals surface area (Å²) in [6, 6.07) is 47.6. The summed E-state index contributed by atoms with van der Waals surface area (Å²) in [5.41, 5.74) is 7.57. The van der Waals surface area contributed by atoms with Gasteiger partial charge in [0.2, 0.25) is 0 Å². The van der Waals surface area contributed by atoms with Gasteiger partial charge in [0, 0.05) is 16.7 Å². The number of nitrogens with zero attached hydrogens (tertiary/aromatic N) is 3. The molecule has 36 heavy (non-hydrogen) atoms. The van der Waals surface area contributed by atoms with Crippen molar-refractivity contribution in [1.29, 1.82) is 0 Å². The average molecular weight is 462 g/mol. The SMILES string of the molecule is c1ccc(-c2ccc(-c3cccc(-c4nc(-c5ccccc5)nc(-c5ccccc5)n4)c3)cc2)cc1. The molecular weight excluding hydrogens is 438 g/mol. The second-order valence-corrected chi connectivity index (χ2v) is 8.56. The lowest BCUT2D eigenvalue weighted by Crippen LogP contribution is -2.00. The Morgan fingerprint density at radius 3 is 1.08 bits per heavy atom. The summed E-state index contributed by atoms with van der Waals surface area (Å²) in [6.07, 6.45) is 0. The Morgan fingerprint density at radius 2 is 0.583 bits per heavy atom. The fraction of sp³-hybridized carbons (Fsp3) is 0. The lowest BCUT2D eigenvalue weighted by atomic mass is 9.99. The molecule has 3 nitrogen and oxygen atoms in total. The third-order valence-corrected chi connectivity index (χ3v) is 6.15. The molecule has 0 saturated carbocycles. The Labute approximate surface area is 210 Å². The van der Waals surface area contributed by atoms with Gasteiger partial charge in [0.25, 0.3) is 0 Å². The van der Waals surface area contributed by atoms with Gasteiger partial charge in [-0.2, -0.15) is 0 Å². The van der Waals surface area contributed by atoms with Crippen molar-refractivity contribution in [3.8, 4) is 56.4 Å². The largest absolute Gasteiger partial charge is 0.208 e. The Balaban J connectivity index is 1.41. The van der Waals surface area contributed by atoms with Gasteiger partial charge in [-0.3, -0.25) is 0 Å². The standard InChI is InChI=1S/C33H23N3/c1-4-11-24(12-5-1)25-19-21-26(22-20-25)29-17-10-18-30(23-29)33-35-31(27-13-6-2-7-14-27)34-32(36-33)28-15-8-3-9-16-28/h1-23H. The average Bonchev–Trinajstić information content (AvgIpc) is 2.98. The fourth-order valence-corrected chi connectivity index (χ4v) is 4.26. The maximum absolute atomic E-state index is 4.87. The van der Waals surface area contributed by atoms with E-state index in [1.807, 2.05) is 66.7 Å². The van der Waals surface area contributed by atoms with Crippen molar-refractivity contribution >= 4 is 0 Å². The normalized spacial score (nSPS) is 10.8. The first-order chi connectivity index (χ1) is 17.8. The smallest absolute Gasteiger partial charge is 0.164 e. The first-order valence-corrected chi connectivity index (χ1v) is 12.0. The van der Waals surface area contributed by atoms with Gasteiger partial charge < -0.3 is 0 Å². The molecule has 0 N–H and O–H groups in total. The van der Waals surface area contributed by atoms with Crippen molar-refractivity contribution in [2.45, 2.75) is 0 Å². The summed E-state index contributed by atoms with van der Waals surface area (Å²) < 4.78 is 0. The molecule has 0 fully saturated rings. The molecule has 3 heteroatoms. The van der Waals surface area contributed by atoms with E-state index in [4.69, 9.17) is 15.0 Å². The van der Waals surface area contributed by atoms with Crippen LogP contribution in [0.2, 0.25) is 0 Å². The molecule has 1 heterocycles. The molecule has 1 aromatic heterocycles. The van der Waals surface area contributed by atoms with Crippen molar-refractivity contribution in [2.75, 3.05) is 0 Å². The van der Waals surface area contributed by atoms with Crippen LogP contribution >= 0.6 is 0 Å². The van der Waals surface area contributed by atoms with E-state index in [0.717, 1.165) is 27.8 Å². The van der Waals surface area contributed by atoms with Gasteiger partial charge in [-0.15, -0.1) is 0 Å². The van der Waals surface area contributed by atoms with E-state index in [9.17, 15) is 0 Å². The van der Waals surface area contributed by atoms with Crippen molar-refractivity contribution in [3.63, 3.8) is 0 Å². The lowest BCUT2D eigenvalue weighted by molar-refractivity contribution is 1.07. The third kappa shape index (κ3) is 4.55. The third-order valence-electron chi connectivity index (χ3n) is 6.15. The number of aromatic nitrogens is 3. The molecule has 0 bridgehead atoms. The zero-order valence-corrected chi connectivity index (χ0v) is 19.6. The first kappa shape index (κ1) is 21.6. The minimum absolute atomic E-state index is 0.658. The summed E-state index contributed by atoms with van der Waals surface area (Å²) in [5.74, 6) is 1.99. The molecule has 0 unspecified atom stereocenters. The minimum atomic E-state index is 0.658. The van der Waals surface area contributed by atoms with Crippen LogP contribution in [0.1, 0.15) is 0 Å². The Kier molecular flexibility index (Phi) is 5.87. The van der Waals surface area contributed by atoms with Gasteiger partial charge >= 0.3 is 0 Å². The maximum Gasteiger partial charge on any atom is 0.164 e. The molecule has 0 amide bonds. The number of rotatable bonds is 5. The highest BCUT2D eigenvalue weighted by atomic mass is 15.0. The summed E-state index contributed by atoms with van der Waals surface area (Å²) in [6.45, 7) is 0. The van der Waals surface area contributed by atoms with Gasteiger partial charge in [-0.05, 0) is 28.3 Å². The molecule has 0 atom stereocenters. The highest BCUT2D eigenvalue weighted by molar-refractivity contribution is 5.74. The van der Waals surface area contributed by atoms with E-state index >= 15 is 0 Å². The van der Waals surface area contributed by atoms with Crippen LogP contribution in [0.15, 0.2) is 140 Å². The van der Waals surface area contributed by atoms with E-state index in [-0.39, 0.29) is 0 Å². The highest BCUT2D eigenvalue weighted by Crippen LogP contribution is 2.29. The summed E-state index contributed by atoms with van der Waals surface area (Å²) >= 11 is 0. The van der Waals surface area contributed by atoms with E-state index in [0.29, 0.717) is 17.5 Å². The Morgan fingerprint density at radius 1 is 0.250 bits per heavy atom. The molecule has 0 aliphatic heterocycles. The molecule has 0 saturated heterocycles. The predicted octanol–water partition coefficient (Wildman–Crippen LogP) is 8.21. The van der Waals surface area contributed by atoms with Gasteiger partial charge in [-0.1, -0.05) is 133 Å². The van der Waals surface area contributed by atoms with Crippen LogP contribution in [0, 0.1) is 0 Å².